The summed E-state index contributed by atoms with van der Waals surface area (Å²) in [7, 11) is 0. The number of thioether (sulfide) groups is 1. The lowest BCUT2D eigenvalue weighted by molar-refractivity contribution is 0.0953. The molecule has 0 saturated carbocycles. The van der Waals surface area contributed by atoms with Gasteiger partial charge in [-0.3, -0.25) is 15.1 Å². The molecule has 1 amide bonds. The molecule has 3 N–H and O–H groups in total. The molecule has 4 nitrogen and oxygen atoms in total. The average Bonchev–Trinajstić information content (AvgIpc) is 2.67. The molecule has 1 fully saturated rings. The Morgan fingerprint density at radius 1 is 1.28 bits per heavy atom. The quantitative estimate of drug-likeness (QED) is 0.490. The fraction of sp³-hybridized carbons (Fsp3) is 0.462. The van der Waals surface area contributed by atoms with Gasteiger partial charge in [0, 0.05) is 24.4 Å². The molecule has 0 radical (unpaired) electrons. The van der Waals surface area contributed by atoms with Crippen molar-refractivity contribution >= 4 is 17.7 Å². The van der Waals surface area contributed by atoms with E-state index >= 15 is 0 Å². The second kappa shape index (κ2) is 6.78. The van der Waals surface area contributed by atoms with Crippen LogP contribution < -0.4 is 11.3 Å². The first-order valence-corrected chi connectivity index (χ1v) is 7.35. The van der Waals surface area contributed by atoms with Crippen molar-refractivity contribution < 1.29 is 4.79 Å². The number of rotatable bonds is 3. The van der Waals surface area contributed by atoms with E-state index < -0.39 is 0 Å². The van der Waals surface area contributed by atoms with E-state index in [1.807, 2.05) is 36.0 Å². The van der Waals surface area contributed by atoms with E-state index in [1.165, 1.54) is 23.5 Å². The highest BCUT2D eigenvalue weighted by Crippen LogP contribution is 2.13. The molecule has 0 spiro atoms. The summed E-state index contributed by atoms with van der Waals surface area (Å²) in [5.41, 5.74) is 3.99. The van der Waals surface area contributed by atoms with E-state index in [9.17, 15) is 4.79 Å². The summed E-state index contributed by atoms with van der Waals surface area (Å²) in [6.07, 6.45) is 1.26. The second-order valence-electron chi connectivity index (χ2n) is 4.41. The molecule has 1 aliphatic heterocycles. The van der Waals surface area contributed by atoms with Crippen LogP contribution in [0.1, 0.15) is 22.3 Å². The molecule has 1 aromatic rings. The Kier molecular flexibility index (Phi) is 5.04. The van der Waals surface area contributed by atoms with Crippen LogP contribution in [0.15, 0.2) is 24.3 Å². The van der Waals surface area contributed by atoms with Crippen LogP contribution in [0.4, 0.5) is 0 Å². The minimum atomic E-state index is -0.243. The van der Waals surface area contributed by atoms with Crippen molar-refractivity contribution in [2.75, 3.05) is 24.6 Å². The third-order valence-corrected chi connectivity index (χ3v) is 4.12. The van der Waals surface area contributed by atoms with E-state index in [1.54, 1.807) is 0 Å². The lowest BCUT2D eigenvalue weighted by Gasteiger charge is -2.19. The highest BCUT2D eigenvalue weighted by molar-refractivity contribution is 7.99. The lowest BCUT2D eigenvalue weighted by Crippen LogP contribution is -2.30. The van der Waals surface area contributed by atoms with Crippen LogP contribution in [-0.4, -0.2) is 35.4 Å². The Morgan fingerprint density at radius 3 is 2.78 bits per heavy atom. The number of nitrogens with two attached hydrogens (primary N) is 1. The van der Waals surface area contributed by atoms with Crippen LogP contribution >= 0.6 is 11.8 Å². The number of carbonyl (C=O) groups excluding carboxylic acids is 1. The van der Waals surface area contributed by atoms with Crippen molar-refractivity contribution in [3.63, 3.8) is 0 Å². The Hall–Kier alpha value is -1.04. The summed E-state index contributed by atoms with van der Waals surface area (Å²) in [6.45, 7) is 3.28. The monoisotopic (exact) mass is 265 g/mol. The number of amides is 1. The third kappa shape index (κ3) is 3.73. The van der Waals surface area contributed by atoms with E-state index in [2.05, 4.69) is 10.3 Å². The number of hydrogen-bond acceptors (Lipinski definition) is 4. The van der Waals surface area contributed by atoms with Crippen molar-refractivity contribution in [3.05, 3.63) is 35.4 Å². The van der Waals surface area contributed by atoms with E-state index in [0.717, 1.165) is 19.6 Å². The van der Waals surface area contributed by atoms with Crippen molar-refractivity contribution in [2.24, 2.45) is 5.84 Å². The highest BCUT2D eigenvalue weighted by Gasteiger charge is 2.10. The number of carbonyl (C=O) groups is 1. The molecule has 0 atom stereocenters. The Balaban J connectivity index is 1.94. The van der Waals surface area contributed by atoms with Gasteiger partial charge in [0.15, 0.2) is 0 Å². The molecule has 1 heterocycles. The van der Waals surface area contributed by atoms with Crippen LogP contribution in [0.25, 0.3) is 0 Å². The van der Waals surface area contributed by atoms with Crippen LogP contribution in [0, 0.1) is 0 Å². The molecule has 0 aliphatic carbocycles. The molecule has 0 bridgehead atoms. The summed E-state index contributed by atoms with van der Waals surface area (Å²) < 4.78 is 0. The topological polar surface area (TPSA) is 58.4 Å². The highest BCUT2D eigenvalue weighted by atomic mass is 32.2. The van der Waals surface area contributed by atoms with Crippen LogP contribution in [0.2, 0.25) is 0 Å². The van der Waals surface area contributed by atoms with Gasteiger partial charge in [0.1, 0.15) is 0 Å². The van der Waals surface area contributed by atoms with Crippen molar-refractivity contribution in [2.45, 2.75) is 13.0 Å². The molecule has 18 heavy (non-hydrogen) atoms. The first-order valence-electron chi connectivity index (χ1n) is 6.19. The van der Waals surface area contributed by atoms with E-state index in [4.69, 9.17) is 5.84 Å². The molecule has 0 unspecified atom stereocenters. The maximum Gasteiger partial charge on any atom is 0.265 e. The predicted octanol–water partition coefficient (Wildman–Crippen LogP) is 1.23. The zero-order valence-electron chi connectivity index (χ0n) is 10.4. The third-order valence-electron chi connectivity index (χ3n) is 3.07. The SMILES string of the molecule is NNC(=O)c1ccc(CN2CCCSCC2)cc1. The van der Waals surface area contributed by atoms with Crippen LogP contribution in [0.5, 0.6) is 0 Å². The molecule has 1 aliphatic rings. The predicted molar refractivity (Wildman–Crippen MR) is 75.3 cm³/mol. The fourth-order valence-electron chi connectivity index (χ4n) is 2.06. The van der Waals surface area contributed by atoms with Gasteiger partial charge >= 0.3 is 0 Å². The minimum Gasteiger partial charge on any atom is -0.298 e. The smallest absolute Gasteiger partial charge is 0.265 e. The number of hydrogen-bond donors (Lipinski definition) is 2. The van der Waals surface area contributed by atoms with Gasteiger partial charge in [-0.15, -0.1) is 0 Å². The molecule has 0 aromatic heterocycles. The van der Waals surface area contributed by atoms with Crippen LogP contribution in [0.3, 0.4) is 0 Å². The van der Waals surface area contributed by atoms with Gasteiger partial charge in [-0.1, -0.05) is 12.1 Å². The normalized spacial score (nSPS) is 17.2. The second-order valence-corrected chi connectivity index (χ2v) is 5.64. The molecular weight excluding hydrogens is 246 g/mol. The Morgan fingerprint density at radius 2 is 2.06 bits per heavy atom. The number of nitrogens with one attached hydrogen (secondary N) is 1. The van der Waals surface area contributed by atoms with Gasteiger partial charge < -0.3 is 0 Å². The van der Waals surface area contributed by atoms with Crippen molar-refractivity contribution in [3.8, 4) is 0 Å². The molecular formula is C13H19N3OS. The van der Waals surface area contributed by atoms with Crippen molar-refractivity contribution in [1.29, 1.82) is 0 Å². The van der Waals surface area contributed by atoms with E-state index in [-0.39, 0.29) is 5.91 Å². The molecule has 2 rings (SSSR count). The maximum absolute atomic E-state index is 11.3. The summed E-state index contributed by atoms with van der Waals surface area (Å²) in [5.74, 6) is 7.34. The number of nitrogen functional groups attached to an aromatic ring is 1. The van der Waals surface area contributed by atoms with E-state index in [0.29, 0.717) is 5.56 Å². The minimum absolute atomic E-state index is 0.243. The summed E-state index contributed by atoms with van der Waals surface area (Å²) in [6, 6.07) is 7.65. The summed E-state index contributed by atoms with van der Waals surface area (Å²) in [4.78, 5) is 13.8. The maximum atomic E-state index is 11.3. The first kappa shape index (κ1) is 13.4. The van der Waals surface area contributed by atoms with Gasteiger partial charge in [-0.25, -0.2) is 5.84 Å². The summed E-state index contributed by atoms with van der Waals surface area (Å²) >= 11 is 2.03. The Bertz CT molecular complexity index is 386. The molecule has 1 aromatic carbocycles. The molecule has 1 saturated heterocycles. The lowest BCUT2D eigenvalue weighted by atomic mass is 10.1. The van der Waals surface area contributed by atoms with Gasteiger partial charge in [0.2, 0.25) is 0 Å². The van der Waals surface area contributed by atoms with Gasteiger partial charge in [0.25, 0.3) is 5.91 Å². The van der Waals surface area contributed by atoms with Gasteiger partial charge in [0.05, 0.1) is 0 Å². The zero-order chi connectivity index (χ0) is 12.8. The largest absolute Gasteiger partial charge is 0.298 e. The standard InChI is InChI=1S/C13H19N3OS/c14-15-13(17)12-4-2-11(3-5-12)10-16-6-1-8-18-9-7-16/h2-5H,1,6-10,14H2,(H,15,17). The molecule has 98 valence electrons. The average molecular weight is 265 g/mol. The number of benzene rings is 1. The number of nitrogens with zero attached hydrogens (tertiary/aromatic N) is 1. The molecule has 5 heteroatoms. The van der Waals surface area contributed by atoms with Gasteiger partial charge in [-0.05, 0) is 36.4 Å². The Labute approximate surface area is 112 Å². The van der Waals surface area contributed by atoms with Crippen molar-refractivity contribution in [1.82, 2.24) is 10.3 Å². The van der Waals surface area contributed by atoms with Gasteiger partial charge in [-0.2, -0.15) is 11.8 Å². The zero-order valence-corrected chi connectivity index (χ0v) is 11.2. The fourth-order valence-corrected chi connectivity index (χ4v) is 2.98. The summed E-state index contributed by atoms with van der Waals surface area (Å²) in [5, 5.41) is 0. The van der Waals surface area contributed by atoms with Crippen LogP contribution in [-0.2, 0) is 6.54 Å². The number of hydrazine groups is 1. The first-order chi connectivity index (χ1) is 8.79.